The van der Waals surface area contributed by atoms with E-state index in [1.807, 2.05) is 4.90 Å². The number of piperidine rings is 1. The minimum absolute atomic E-state index is 0. The average molecular weight is 303 g/mol. The van der Waals surface area contributed by atoms with Crippen LogP contribution in [0.25, 0.3) is 0 Å². The molecule has 1 saturated heterocycles. The number of benzene rings is 1. The van der Waals surface area contributed by atoms with Crippen LogP contribution in [0.2, 0.25) is 0 Å². The van der Waals surface area contributed by atoms with Crippen molar-refractivity contribution in [3.05, 3.63) is 30.1 Å². The van der Waals surface area contributed by atoms with Crippen molar-refractivity contribution >= 4 is 18.3 Å². The normalized spacial score (nSPS) is 15.6. The highest BCUT2D eigenvalue weighted by Gasteiger charge is 2.20. The molecule has 0 atom stereocenters. The number of rotatable bonds is 4. The first kappa shape index (κ1) is 16.7. The van der Waals surface area contributed by atoms with Crippen molar-refractivity contribution in [3.8, 4) is 5.75 Å². The van der Waals surface area contributed by atoms with Crippen molar-refractivity contribution in [2.24, 2.45) is 5.73 Å². The topological polar surface area (TPSA) is 55.6 Å². The molecule has 2 N–H and O–H groups in total. The van der Waals surface area contributed by atoms with Gasteiger partial charge in [-0.25, -0.2) is 4.39 Å². The van der Waals surface area contributed by atoms with Crippen molar-refractivity contribution in [2.45, 2.75) is 25.3 Å². The van der Waals surface area contributed by atoms with Crippen LogP contribution in [-0.2, 0) is 4.79 Å². The molecule has 0 radical (unpaired) electrons. The molecule has 0 aromatic heterocycles. The van der Waals surface area contributed by atoms with Gasteiger partial charge in [0.25, 0.3) is 0 Å². The molecule has 0 unspecified atom stereocenters. The first-order chi connectivity index (χ1) is 9.15. The van der Waals surface area contributed by atoms with Crippen LogP contribution in [0.1, 0.15) is 19.3 Å². The Morgan fingerprint density at radius 3 is 2.50 bits per heavy atom. The highest BCUT2D eigenvalue weighted by molar-refractivity contribution is 5.85. The zero-order chi connectivity index (χ0) is 13.7. The zero-order valence-electron chi connectivity index (χ0n) is 11.3. The summed E-state index contributed by atoms with van der Waals surface area (Å²) in [5.74, 6) is 0.372. The van der Waals surface area contributed by atoms with Gasteiger partial charge in [-0.15, -0.1) is 12.4 Å². The summed E-state index contributed by atoms with van der Waals surface area (Å²) in [5.41, 5.74) is 5.79. The van der Waals surface area contributed by atoms with Crippen LogP contribution in [0.4, 0.5) is 4.39 Å². The largest absolute Gasteiger partial charge is 0.493 e. The summed E-state index contributed by atoms with van der Waals surface area (Å²) in [6, 6.07) is 6.01. The Labute approximate surface area is 124 Å². The molecule has 6 heteroatoms. The monoisotopic (exact) mass is 302 g/mol. The van der Waals surface area contributed by atoms with Gasteiger partial charge in [-0.3, -0.25) is 4.79 Å². The molecule has 1 fully saturated rings. The molecule has 0 saturated carbocycles. The fourth-order valence-electron chi connectivity index (χ4n) is 2.09. The van der Waals surface area contributed by atoms with Crippen LogP contribution in [-0.4, -0.2) is 36.5 Å². The highest BCUT2D eigenvalue weighted by Crippen LogP contribution is 2.12. The molecule has 4 nitrogen and oxygen atoms in total. The van der Waals surface area contributed by atoms with Gasteiger partial charge in [0.1, 0.15) is 11.6 Å². The fourth-order valence-corrected chi connectivity index (χ4v) is 2.09. The van der Waals surface area contributed by atoms with Crippen LogP contribution in [0.3, 0.4) is 0 Å². The molecule has 1 heterocycles. The number of nitrogens with zero attached hydrogens (tertiary/aromatic N) is 1. The van der Waals surface area contributed by atoms with Gasteiger partial charge in [0, 0.05) is 19.1 Å². The first-order valence-corrected chi connectivity index (χ1v) is 6.57. The van der Waals surface area contributed by atoms with E-state index in [1.54, 1.807) is 12.1 Å². The third kappa shape index (κ3) is 4.98. The fraction of sp³-hybridized carbons (Fsp3) is 0.500. The summed E-state index contributed by atoms with van der Waals surface area (Å²) in [5, 5.41) is 0. The molecule has 1 aromatic carbocycles. The highest BCUT2D eigenvalue weighted by atomic mass is 35.5. The lowest BCUT2D eigenvalue weighted by atomic mass is 10.1. The van der Waals surface area contributed by atoms with Crippen molar-refractivity contribution in [1.29, 1.82) is 0 Å². The molecule has 0 spiro atoms. The van der Waals surface area contributed by atoms with E-state index in [9.17, 15) is 9.18 Å². The van der Waals surface area contributed by atoms with E-state index in [-0.39, 0.29) is 30.2 Å². The summed E-state index contributed by atoms with van der Waals surface area (Å²) in [6.45, 7) is 1.78. The van der Waals surface area contributed by atoms with Crippen LogP contribution < -0.4 is 10.5 Å². The number of carbonyl (C=O) groups is 1. The summed E-state index contributed by atoms with van der Waals surface area (Å²) in [6.07, 6.45) is 2.07. The molecule has 0 aliphatic carbocycles. The number of amides is 1. The van der Waals surface area contributed by atoms with Crippen LogP contribution in [0, 0.1) is 5.82 Å². The Kier molecular flexibility index (Phi) is 6.75. The zero-order valence-corrected chi connectivity index (χ0v) is 12.1. The molecule has 112 valence electrons. The predicted octanol–water partition coefficient (Wildman–Crippen LogP) is 1.97. The van der Waals surface area contributed by atoms with E-state index in [0.29, 0.717) is 18.8 Å². The van der Waals surface area contributed by atoms with E-state index < -0.39 is 0 Å². The maximum atomic E-state index is 12.7. The van der Waals surface area contributed by atoms with Crippen LogP contribution in [0.5, 0.6) is 5.75 Å². The quantitative estimate of drug-likeness (QED) is 0.925. The van der Waals surface area contributed by atoms with E-state index >= 15 is 0 Å². The van der Waals surface area contributed by atoms with Gasteiger partial charge < -0.3 is 15.4 Å². The van der Waals surface area contributed by atoms with Gasteiger partial charge in [-0.1, -0.05) is 0 Å². The Bertz CT molecular complexity index is 420. The first-order valence-electron chi connectivity index (χ1n) is 6.57. The van der Waals surface area contributed by atoms with Gasteiger partial charge in [0.15, 0.2) is 0 Å². The van der Waals surface area contributed by atoms with Crippen molar-refractivity contribution in [1.82, 2.24) is 4.90 Å². The smallest absolute Gasteiger partial charge is 0.225 e. The number of hydrogen-bond acceptors (Lipinski definition) is 3. The Morgan fingerprint density at radius 2 is 1.90 bits per heavy atom. The lowest BCUT2D eigenvalue weighted by Crippen LogP contribution is -2.43. The second kappa shape index (κ2) is 8.07. The van der Waals surface area contributed by atoms with Crippen molar-refractivity contribution < 1.29 is 13.9 Å². The van der Waals surface area contributed by atoms with E-state index in [4.69, 9.17) is 10.5 Å². The number of ether oxygens (including phenoxy) is 1. The maximum Gasteiger partial charge on any atom is 0.225 e. The third-order valence-corrected chi connectivity index (χ3v) is 3.29. The number of carbonyl (C=O) groups excluding carboxylic acids is 1. The van der Waals surface area contributed by atoms with Crippen LogP contribution in [0.15, 0.2) is 24.3 Å². The maximum absolute atomic E-state index is 12.7. The minimum atomic E-state index is -0.298. The van der Waals surface area contributed by atoms with Gasteiger partial charge in [0.2, 0.25) is 5.91 Å². The lowest BCUT2D eigenvalue weighted by molar-refractivity contribution is -0.132. The molecular weight excluding hydrogens is 283 g/mol. The van der Waals surface area contributed by atoms with Gasteiger partial charge in [0.05, 0.1) is 13.0 Å². The van der Waals surface area contributed by atoms with E-state index in [1.165, 1.54) is 12.1 Å². The number of nitrogens with two attached hydrogens (primary N) is 1. The molecule has 1 aliphatic heterocycles. The lowest BCUT2D eigenvalue weighted by Gasteiger charge is -2.30. The molecule has 1 amide bonds. The molecule has 20 heavy (non-hydrogen) atoms. The minimum Gasteiger partial charge on any atom is -0.493 e. The van der Waals surface area contributed by atoms with Gasteiger partial charge in [-0.05, 0) is 37.1 Å². The van der Waals surface area contributed by atoms with Crippen molar-refractivity contribution in [3.63, 3.8) is 0 Å². The Morgan fingerprint density at radius 1 is 1.30 bits per heavy atom. The van der Waals surface area contributed by atoms with Crippen molar-refractivity contribution in [2.75, 3.05) is 19.7 Å². The number of likely N-dealkylation sites (tertiary alicyclic amines) is 1. The summed E-state index contributed by atoms with van der Waals surface area (Å²) in [7, 11) is 0. The molecule has 1 aromatic rings. The summed E-state index contributed by atoms with van der Waals surface area (Å²) >= 11 is 0. The summed E-state index contributed by atoms with van der Waals surface area (Å²) in [4.78, 5) is 13.7. The second-order valence-electron chi connectivity index (χ2n) is 4.77. The number of hydrogen-bond donors (Lipinski definition) is 1. The van der Waals surface area contributed by atoms with Crippen LogP contribution >= 0.6 is 12.4 Å². The van der Waals surface area contributed by atoms with E-state index in [0.717, 1.165) is 25.9 Å². The standard InChI is InChI=1S/C14H19FN2O2.ClH/c15-11-1-3-13(4-2-11)19-10-7-14(18)17-8-5-12(16)6-9-17;/h1-4,12H,5-10,16H2;1H. The SMILES string of the molecule is Cl.NC1CCN(C(=O)CCOc2ccc(F)cc2)CC1. The molecule has 1 aliphatic rings. The molecular formula is C14H20ClFN2O2. The molecule has 2 rings (SSSR count). The average Bonchev–Trinajstić information content (AvgIpc) is 2.41. The number of halogens is 2. The Balaban J connectivity index is 0.00000200. The predicted molar refractivity (Wildman–Crippen MR) is 77.5 cm³/mol. The van der Waals surface area contributed by atoms with E-state index in [2.05, 4.69) is 0 Å². The van der Waals surface area contributed by atoms with Gasteiger partial charge >= 0.3 is 0 Å². The second-order valence-corrected chi connectivity index (χ2v) is 4.77. The van der Waals surface area contributed by atoms with Gasteiger partial charge in [-0.2, -0.15) is 0 Å². The molecule has 0 bridgehead atoms. The summed E-state index contributed by atoms with van der Waals surface area (Å²) < 4.78 is 18.1. The third-order valence-electron chi connectivity index (χ3n) is 3.29. The Hall–Kier alpha value is -1.33.